The molecule has 20 heavy (non-hydrogen) atoms. The van der Waals surface area contributed by atoms with E-state index in [1.165, 1.54) is 7.11 Å². The van der Waals surface area contributed by atoms with Crippen LogP contribution in [0, 0.1) is 0 Å². The molecule has 0 fully saturated rings. The predicted octanol–water partition coefficient (Wildman–Crippen LogP) is 2.49. The van der Waals surface area contributed by atoms with Gasteiger partial charge in [0, 0.05) is 18.0 Å². The molecule has 0 atom stereocenters. The van der Waals surface area contributed by atoms with Crippen LogP contribution in [-0.2, 0) is 4.74 Å². The minimum absolute atomic E-state index is 0.202. The molecule has 0 bridgehead atoms. The topological polar surface area (TPSA) is 63.8 Å². The Morgan fingerprint density at radius 3 is 2.70 bits per heavy atom. The number of aromatic nitrogens is 2. The van der Waals surface area contributed by atoms with Crippen molar-refractivity contribution in [3.05, 3.63) is 54.4 Å². The van der Waals surface area contributed by atoms with Gasteiger partial charge < -0.3 is 14.2 Å². The summed E-state index contributed by atoms with van der Waals surface area (Å²) in [6.07, 6.45) is 3.65. The average Bonchev–Trinajstić information content (AvgIpc) is 2.91. The van der Waals surface area contributed by atoms with Gasteiger partial charge in [-0.15, -0.1) is 0 Å². The third kappa shape index (κ3) is 1.99. The highest BCUT2D eigenvalue weighted by Gasteiger charge is 2.13. The van der Waals surface area contributed by atoms with Crippen LogP contribution < -0.4 is 0 Å². The number of nitrogens with zero attached hydrogens (tertiary/aromatic N) is 2. The molecule has 0 unspecified atom stereocenters. The largest absolute Gasteiger partial charge is 0.508 e. The number of hydrogen-bond donors (Lipinski definition) is 1. The van der Waals surface area contributed by atoms with E-state index in [4.69, 9.17) is 4.74 Å². The minimum Gasteiger partial charge on any atom is -0.508 e. The van der Waals surface area contributed by atoms with Crippen molar-refractivity contribution >= 4 is 11.6 Å². The third-order valence-electron chi connectivity index (χ3n) is 3.05. The summed E-state index contributed by atoms with van der Waals surface area (Å²) in [7, 11) is 1.34. The SMILES string of the molecule is COC(=O)c1cccn2cc(-c3ccc(O)cc3)nc12. The molecular weight excluding hydrogens is 256 g/mol. The summed E-state index contributed by atoms with van der Waals surface area (Å²) in [5.41, 5.74) is 2.55. The Hall–Kier alpha value is -2.82. The molecule has 1 aromatic carbocycles. The second kappa shape index (κ2) is 4.70. The van der Waals surface area contributed by atoms with E-state index >= 15 is 0 Å². The zero-order valence-corrected chi connectivity index (χ0v) is 10.8. The molecule has 0 saturated heterocycles. The number of aromatic hydroxyl groups is 1. The lowest BCUT2D eigenvalue weighted by molar-refractivity contribution is 0.0602. The van der Waals surface area contributed by atoms with E-state index in [1.807, 2.05) is 12.4 Å². The summed E-state index contributed by atoms with van der Waals surface area (Å²) in [5.74, 6) is -0.216. The number of hydrogen-bond acceptors (Lipinski definition) is 4. The number of carbonyl (C=O) groups is 1. The first kappa shape index (κ1) is 12.2. The van der Waals surface area contributed by atoms with Gasteiger partial charge in [-0.2, -0.15) is 0 Å². The number of rotatable bonds is 2. The van der Waals surface area contributed by atoms with Gasteiger partial charge >= 0.3 is 5.97 Å². The van der Waals surface area contributed by atoms with E-state index in [-0.39, 0.29) is 5.75 Å². The van der Waals surface area contributed by atoms with Crippen molar-refractivity contribution in [2.24, 2.45) is 0 Å². The molecular formula is C15H12N2O3. The molecule has 0 aliphatic heterocycles. The van der Waals surface area contributed by atoms with Gasteiger partial charge in [0.25, 0.3) is 0 Å². The van der Waals surface area contributed by atoms with Crippen molar-refractivity contribution in [2.75, 3.05) is 7.11 Å². The number of fused-ring (bicyclic) bond motifs is 1. The number of esters is 1. The fourth-order valence-corrected chi connectivity index (χ4v) is 2.05. The Morgan fingerprint density at radius 2 is 2.00 bits per heavy atom. The van der Waals surface area contributed by atoms with Crippen LogP contribution in [0.4, 0.5) is 0 Å². The lowest BCUT2D eigenvalue weighted by Gasteiger charge is -2.00. The molecule has 0 aliphatic carbocycles. The number of imidazole rings is 1. The van der Waals surface area contributed by atoms with Crippen LogP contribution in [0.3, 0.4) is 0 Å². The number of phenolic OH excluding ortho intramolecular Hbond substituents is 1. The van der Waals surface area contributed by atoms with Gasteiger partial charge in [0.15, 0.2) is 5.65 Å². The Kier molecular flexibility index (Phi) is 2.87. The van der Waals surface area contributed by atoms with Gasteiger partial charge in [-0.1, -0.05) is 0 Å². The molecule has 0 aliphatic rings. The minimum atomic E-state index is -0.418. The van der Waals surface area contributed by atoms with Gasteiger partial charge in [0.1, 0.15) is 11.3 Å². The van der Waals surface area contributed by atoms with Crippen LogP contribution in [0.5, 0.6) is 5.75 Å². The summed E-state index contributed by atoms with van der Waals surface area (Å²) in [4.78, 5) is 16.2. The smallest absolute Gasteiger partial charge is 0.341 e. The number of phenols is 1. The quantitative estimate of drug-likeness (QED) is 0.725. The molecule has 0 amide bonds. The maximum absolute atomic E-state index is 11.7. The van der Waals surface area contributed by atoms with E-state index in [2.05, 4.69) is 4.98 Å². The van der Waals surface area contributed by atoms with Crippen molar-refractivity contribution < 1.29 is 14.6 Å². The van der Waals surface area contributed by atoms with Crippen molar-refractivity contribution in [1.29, 1.82) is 0 Å². The summed E-state index contributed by atoms with van der Waals surface area (Å²) in [5, 5.41) is 9.31. The second-order valence-electron chi connectivity index (χ2n) is 4.32. The van der Waals surface area contributed by atoms with Crippen molar-refractivity contribution in [3.8, 4) is 17.0 Å². The van der Waals surface area contributed by atoms with E-state index < -0.39 is 5.97 Å². The second-order valence-corrected chi connectivity index (χ2v) is 4.32. The normalized spacial score (nSPS) is 10.7. The molecule has 3 rings (SSSR count). The van der Waals surface area contributed by atoms with E-state index in [0.717, 1.165) is 11.3 Å². The molecule has 5 nitrogen and oxygen atoms in total. The highest BCUT2D eigenvalue weighted by atomic mass is 16.5. The molecule has 100 valence electrons. The lowest BCUT2D eigenvalue weighted by Crippen LogP contribution is -2.03. The molecule has 5 heteroatoms. The van der Waals surface area contributed by atoms with Crippen LogP contribution in [0.25, 0.3) is 16.9 Å². The van der Waals surface area contributed by atoms with Gasteiger partial charge in [-0.05, 0) is 36.4 Å². The maximum Gasteiger partial charge on any atom is 0.341 e. The summed E-state index contributed by atoms with van der Waals surface area (Å²) in [6.45, 7) is 0. The average molecular weight is 268 g/mol. The van der Waals surface area contributed by atoms with Gasteiger partial charge in [-0.3, -0.25) is 0 Å². The molecule has 0 spiro atoms. The molecule has 0 saturated carbocycles. The highest BCUT2D eigenvalue weighted by molar-refractivity contribution is 5.96. The monoisotopic (exact) mass is 268 g/mol. The zero-order valence-electron chi connectivity index (χ0n) is 10.8. The first-order chi connectivity index (χ1) is 9.69. The van der Waals surface area contributed by atoms with Gasteiger partial charge in [-0.25, -0.2) is 9.78 Å². The Balaban J connectivity index is 2.15. The molecule has 2 aromatic heterocycles. The van der Waals surface area contributed by atoms with Crippen LogP contribution in [0.15, 0.2) is 48.8 Å². The van der Waals surface area contributed by atoms with Crippen LogP contribution in [0.1, 0.15) is 10.4 Å². The number of ether oxygens (including phenoxy) is 1. The van der Waals surface area contributed by atoms with Crippen molar-refractivity contribution in [2.45, 2.75) is 0 Å². The van der Waals surface area contributed by atoms with Crippen LogP contribution in [-0.4, -0.2) is 27.6 Å². The number of carbonyl (C=O) groups excluding carboxylic acids is 1. The van der Waals surface area contributed by atoms with Gasteiger partial charge in [0.2, 0.25) is 0 Å². The molecule has 2 heterocycles. The van der Waals surface area contributed by atoms with Gasteiger partial charge in [0.05, 0.1) is 12.8 Å². The Labute approximate surface area is 115 Å². The molecule has 0 radical (unpaired) electrons. The molecule has 3 aromatic rings. The fraction of sp³-hybridized carbons (Fsp3) is 0.0667. The number of benzene rings is 1. The zero-order chi connectivity index (χ0) is 14.1. The Morgan fingerprint density at radius 1 is 1.25 bits per heavy atom. The fourth-order valence-electron chi connectivity index (χ4n) is 2.05. The van der Waals surface area contributed by atoms with Crippen molar-refractivity contribution in [3.63, 3.8) is 0 Å². The Bertz CT molecular complexity index is 775. The number of pyridine rings is 1. The highest BCUT2D eigenvalue weighted by Crippen LogP contribution is 2.23. The van der Waals surface area contributed by atoms with Crippen LogP contribution in [0.2, 0.25) is 0 Å². The summed E-state index contributed by atoms with van der Waals surface area (Å²) >= 11 is 0. The lowest BCUT2D eigenvalue weighted by atomic mass is 10.2. The first-order valence-electron chi connectivity index (χ1n) is 6.04. The van der Waals surface area contributed by atoms with Crippen molar-refractivity contribution in [1.82, 2.24) is 9.38 Å². The van der Waals surface area contributed by atoms with E-state index in [1.54, 1.807) is 40.8 Å². The maximum atomic E-state index is 11.7. The first-order valence-corrected chi connectivity index (χ1v) is 6.04. The third-order valence-corrected chi connectivity index (χ3v) is 3.05. The van der Waals surface area contributed by atoms with E-state index in [0.29, 0.717) is 11.2 Å². The standard InChI is InChI=1S/C15H12N2O3/c1-20-15(19)12-3-2-8-17-9-13(16-14(12)17)10-4-6-11(18)7-5-10/h2-9,18H,1H3. The number of methoxy groups -OCH3 is 1. The van der Waals surface area contributed by atoms with E-state index in [9.17, 15) is 9.90 Å². The molecule has 1 N–H and O–H groups in total. The summed E-state index contributed by atoms with van der Waals surface area (Å²) in [6, 6.07) is 10.2. The van der Waals surface area contributed by atoms with Crippen LogP contribution >= 0.6 is 0 Å². The predicted molar refractivity (Wildman–Crippen MR) is 73.6 cm³/mol. The summed E-state index contributed by atoms with van der Waals surface area (Å²) < 4.78 is 6.52.